The van der Waals surface area contributed by atoms with E-state index >= 15 is 0 Å². The number of carbonyl (C=O) groups excluding carboxylic acids is 2. The average Bonchev–Trinajstić information content (AvgIpc) is 3.24. The minimum absolute atomic E-state index is 0.0799. The zero-order chi connectivity index (χ0) is 21.5. The summed E-state index contributed by atoms with van der Waals surface area (Å²) in [5.41, 5.74) is 3.71. The number of para-hydroxylation sites is 1. The first-order valence-electron chi connectivity index (χ1n) is 9.69. The summed E-state index contributed by atoms with van der Waals surface area (Å²) in [7, 11) is 1.35. The van der Waals surface area contributed by atoms with E-state index in [2.05, 4.69) is 41.0 Å². The van der Waals surface area contributed by atoms with E-state index in [-0.39, 0.29) is 17.6 Å². The van der Waals surface area contributed by atoms with Crippen molar-refractivity contribution in [2.24, 2.45) is 0 Å². The van der Waals surface area contributed by atoms with E-state index < -0.39 is 0 Å². The highest BCUT2D eigenvalue weighted by Crippen LogP contribution is 2.27. The molecule has 0 saturated heterocycles. The lowest BCUT2D eigenvalue weighted by Crippen LogP contribution is -2.24. The highest BCUT2D eigenvalue weighted by Gasteiger charge is 2.13. The van der Waals surface area contributed by atoms with Crippen LogP contribution < -0.4 is 5.32 Å². The fourth-order valence-corrected chi connectivity index (χ4v) is 3.83. The number of benzene rings is 2. The van der Waals surface area contributed by atoms with Crippen LogP contribution in [0.25, 0.3) is 5.69 Å². The largest absolute Gasteiger partial charge is 0.465 e. The van der Waals surface area contributed by atoms with Crippen molar-refractivity contribution in [1.82, 2.24) is 14.9 Å². The third kappa shape index (κ3) is 5.30. The molecule has 0 aliphatic rings. The number of amides is 1. The van der Waals surface area contributed by atoms with Gasteiger partial charge in [0.05, 0.1) is 24.1 Å². The maximum Gasteiger partial charge on any atom is 0.337 e. The molecule has 30 heavy (non-hydrogen) atoms. The molecule has 3 aromatic rings. The molecule has 0 aliphatic heterocycles. The quantitative estimate of drug-likeness (QED) is 0.434. The molecule has 1 heterocycles. The molecule has 0 radical (unpaired) electrons. The molecule has 1 N–H and O–H groups in total. The molecule has 0 unspecified atom stereocenters. The summed E-state index contributed by atoms with van der Waals surface area (Å²) in [5, 5.41) is 3.68. The first-order valence-corrected chi connectivity index (χ1v) is 10.7. The number of hydrogen-bond donors (Lipinski definition) is 1. The molecule has 1 aromatic heterocycles. The number of methoxy groups -OCH3 is 1. The fraction of sp³-hybridized carbons (Fsp3) is 0.261. The van der Waals surface area contributed by atoms with Gasteiger partial charge in [-0.1, -0.05) is 55.9 Å². The van der Waals surface area contributed by atoms with Crippen LogP contribution in [0.2, 0.25) is 0 Å². The molecule has 0 spiro atoms. The Balaban J connectivity index is 1.58. The van der Waals surface area contributed by atoms with E-state index in [1.54, 1.807) is 30.5 Å². The third-order valence-electron chi connectivity index (χ3n) is 4.62. The second-order valence-corrected chi connectivity index (χ2v) is 7.99. The van der Waals surface area contributed by atoms with Gasteiger partial charge in [-0.3, -0.25) is 9.36 Å². The molecular formula is C23H25N3O3S. The molecule has 0 aliphatic carbocycles. The van der Waals surface area contributed by atoms with Crippen LogP contribution in [0.4, 0.5) is 0 Å². The summed E-state index contributed by atoms with van der Waals surface area (Å²) in [5.74, 6) is 0.191. The van der Waals surface area contributed by atoms with Crippen LogP contribution in [-0.2, 0) is 16.1 Å². The van der Waals surface area contributed by atoms with Crippen molar-refractivity contribution in [1.29, 1.82) is 0 Å². The Labute approximate surface area is 180 Å². The number of ether oxygens (including phenoxy) is 1. The number of esters is 1. The lowest BCUT2D eigenvalue weighted by Gasteiger charge is -2.15. The normalized spacial score (nSPS) is 10.8. The first kappa shape index (κ1) is 21.6. The van der Waals surface area contributed by atoms with E-state index in [9.17, 15) is 9.59 Å². The third-order valence-corrected chi connectivity index (χ3v) is 5.59. The fourth-order valence-electron chi connectivity index (χ4n) is 3.03. The Morgan fingerprint density at radius 2 is 1.87 bits per heavy atom. The molecule has 0 fully saturated rings. The van der Waals surface area contributed by atoms with Crippen LogP contribution in [0, 0.1) is 0 Å². The Kier molecular flexibility index (Phi) is 7.30. The summed E-state index contributed by atoms with van der Waals surface area (Å²) in [6.07, 6.45) is 3.67. The summed E-state index contributed by atoms with van der Waals surface area (Å²) in [6.45, 7) is 4.72. The summed E-state index contributed by atoms with van der Waals surface area (Å²) < 4.78 is 6.71. The number of rotatable bonds is 8. The average molecular weight is 424 g/mol. The Hall–Kier alpha value is -3.06. The standard InChI is InChI=1S/C23H25N3O3S/c1-16(2)19-6-4-5-7-20(19)26-13-12-24-23(26)30-15-21(27)25-14-17-8-10-18(11-9-17)22(28)29-3/h4-13,16H,14-15H2,1-3H3,(H,25,27). The van der Waals surface area contributed by atoms with Gasteiger partial charge in [-0.15, -0.1) is 0 Å². The van der Waals surface area contributed by atoms with Crippen molar-refractivity contribution in [2.45, 2.75) is 31.5 Å². The lowest BCUT2D eigenvalue weighted by atomic mass is 10.0. The van der Waals surface area contributed by atoms with Crippen LogP contribution in [-0.4, -0.2) is 34.3 Å². The van der Waals surface area contributed by atoms with Crippen molar-refractivity contribution in [2.75, 3.05) is 12.9 Å². The van der Waals surface area contributed by atoms with Crippen molar-refractivity contribution in [3.05, 3.63) is 77.6 Å². The maximum absolute atomic E-state index is 12.3. The Bertz CT molecular complexity index is 1010. The topological polar surface area (TPSA) is 73.2 Å². The highest BCUT2D eigenvalue weighted by atomic mass is 32.2. The minimum Gasteiger partial charge on any atom is -0.465 e. The monoisotopic (exact) mass is 423 g/mol. The Morgan fingerprint density at radius 3 is 2.57 bits per heavy atom. The van der Waals surface area contributed by atoms with Crippen LogP contribution in [0.15, 0.2) is 66.1 Å². The number of aromatic nitrogens is 2. The molecule has 0 saturated carbocycles. The smallest absolute Gasteiger partial charge is 0.337 e. The molecule has 156 valence electrons. The molecule has 6 nitrogen and oxygen atoms in total. The number of carbonyl (C=O) groups is 2. The highest BCUT2D eigenvalue weighted by molar-refractivity contribution is 7.99. The predicted molar refractivity (Wildman–Crippen MR) is 118 cm³/mol. The van der Waals surface area contributed by atoms with E-state index in [0.29, 0.717) is 18.0 Å². The van der Waals surface area contributed by atoms with E-state index in [4.69, 9.17) is 0 Å². The minimum atomic E-state index is -0.378. The molecule has 1 amide bonds. The number of imidazole rings is 1. The second kappa shape index (κ2) is 10.1. The van der Waals surface area contributed by atoms with Crippen LogP contribution >= 0.6 is 11.8 Å². The molecule has 0 bridgehead atoms. The lowest BCUT2D eigenvalue weighted by molar-refractivity contribution is -0.118. The SMILES string of the molecule is COC(=O)c1ccc(CNC(=O)CSc2nccn2-c2ccccc2C(C)C)cc1. The van der Waals surface area contributed by atoms with E-state index in [1.807, 2.05) is 22.9 Å². The van der Waals surface area contributed by atoms with Gasteiger partial charge >= 0.3 is 5.97 Å². The van der Waals surface area contributed by atoms with E-state index in [0.717, 1.165) is 16.4 Å². The van der Waals surface area contributed by atoms with Gasteiger partial charge in [0.25, 0.3) is 0 Å². The van der Waals surface area contributed by atoms with Crippen molar-refractivity contribution in [3.8, 4) is 5.69 Å². The molecule has 2 aromatic carbocycles. The van der Waals surface area contributed by atoms with Crippen LogP contribution in [0.3, 0.4) is 0 Å². The van der Waals surface area contributed by atoms with Gasteiger partial charge in [0.1, 0.15) is 0 Å². The second-order valence-electron chi connectivity index (χ2n) is 7.05. The number of nitrogens with zero attached hydrogens (tertiary/aromatic N) is 2. The van der Waals surface area contributed by atoms with Crippen LogP contribution in [0.5, 0.6) is 0 Å². The van der Waals surface area contributed by atoms with Gasteiger partial charge in [0.15, 0.2) is 5.16 Å². The zero-order valence-corrected chi connectivity index (χ0v) is 18.1. The van der Waals surface area contributed by atoms with Gasteiger partial charge in [-0.25, -0.2) is 9.78 Å². The van der Waals surface area contributed by atoms with Gasteiger partial charge in [-0.2, -0.15) is 0 Å². The molecule has 7 heteroatoms. The molecule has 0 atom stereocenters. The van der Waals surface area contributed by atoms with Gasteiger partial charge in [0.2, 0.25) is 5.91 Å². The summed E-state index contributed by atoms with van der Waals surface area (Å²) >= 11 is 1.40. The number of thioether (sulfide) groups is 1. The summed E-state index contributed by atoms with van der Waals surface area (Å²) in [6, 6.07) is 15.2. The summed E-state index contributed by atoms with van der Waals surface area (Å²) in [4.78, 5) is 28.2. The van der Waals surface area contributed by atoms with Crippen LogP contribution in [0.1, 0.15) is 41.3 Å². The van der Waals surface area contributed by atoms with E-state index in [1.165, 1.54) is 24.4 Å². The number of hydrogen-bond acceptors (Lipinski definition) is 5. The van der Waals surface area contributed by atoms with Gasteiger partial charge in [0, 0.05) is 18.9 Å². The van der Waals surface area contributed by atoms with Crippen molar-refractivity contribution < 1.29 is 14.3 Å². The van der Waals surface area contributed by atoms with Crippen molar-refractivity contribution >= 4 is 23.6 Å². The predicted octanol–water partition coefficient (Wildman–Crippen LogP) is 4.19. The van der Waals surface area contributed by atoms with Gasteiger partial charge < -0.3 is 10.1 Å². The number of nitrogens with one attached hydrogen (secondary N) is 1. The van der Waals surface area contributed by atoms with Crippen molar-refractivity contribution in [3.63, 3.8) is 0 Å². The maximum atomic E-state index is 12.3. The zero-order valence-electron chi connectivity index (χ0n) is 17.3. The Morgan fingerprint density at radius 1 is 1.13 bits per heavy atom. The van der Waals surface area contributed by atoms with Gasteiger partial charge in [-0.05, 0) is 35.2 Å². The molecular weight excluding hydrogens is 398 g/mol. The first-order chi connectivity index (χ1) is 14.5. The molecule has 3 rings (SSSR count).